The van der Waals surface area contributed by atoms with Crippen LogP contribution in [0.5, 0.6) is 0 Å². The third kappa shape index (κ3) is 2.61. The van der Waals surface area contributed by atoms with E-state index in [1.165, 1.54) is 11.1 Å². The van der Waals surface area contributed by atoms with Crippen molar-refractivity contribution < 1.29 is 4.79 Å². The monoisotopic (exact) mass is 331 g/mol. The summed E-state index contributed by atoms with van der Waals surface area (Å²) in [5.74, 6) is 0.405. The van der Waals surface area contributed by atoms with E-state index in [0.29, 0.717) is 17.0 Å². The van der Waals surface area contributed by atoms with E-state index in [1.54, 1.807) is 24.3 Å². The molecule has 2 aliphatic rings. The van der Waals surface area contributed by atoms with Gasteiger partial charge in [-0.25, -0.2) is 0 Å². The zero-order chi connectivity index (χ0) is 17.6. The molecule has 0 spiro atoms. The second-order valence-corrected chi connectivity index (χ2v) is 7.15. The van der Waals surface area contributed by atoms with Crippen molar-refractivity contribution in [3.63, 3.8) is 0 Å². The van der Waals surface area contributed by atoms with Crippen molar-refractivity contribution in [3.05, 3.63) is 64.7 Å². The van der Waals surface area contributed by atoms with Gasteiger partial charge in [0.1, 0.15) is 0 Å². The minimum atomic E-state index is 0.0339. The first-order valence-electron chi connectivity index (χ1n) is 8.71. The molecule has 0 saturated carbocycles. The Kier molecular flexibility index (Phi) is 3.82. The van der Waals surface area contributed by atoms with Gasteiger partial charge >= 0.3 is 0 Å². The van der Waals surface area contributed by atoms with E-state index in [1.807, 2.05) is 4.90 Å². The van der Waals surface area contributed by atoms with Gasteiger partial charge in [0.25, 0.3) is 5.91 Å². The van der Waals surface area contributed by atoms with Crippen LogP contribution in [0.1, 0.15) is 39.4 Å². The predicted octanol–water partition coefficient (Wildman–Crippen LogP) is 3.31. The van der Waals surface area contributed by atoms with Gasteiger partial charge in [0, 0.05) is 29.8 Å². The van der Waals surface area contributed by atoms with Crippen molar-refractivity contribution >= 4 is 11.6 Å². The first-order valence-corrected chi connectivity index (χ1v) is 8.71. The number of likely N-dealkylation sites (tertiary alicyclic amines) is 1. The summed E-state index contributed by atoms with van der Waals surface area (Å²) >= 11 is 0. The molecule has 4 nitrogen and oxygen atoms in total. The van der Waals surface area contributed by atoms with E-state index in [2.05, 4.69) is 43.1 Å². The largest absolute Gasteiger partial charge is 0.306 e. The summed E-state index contributed by atoms with van der Waals surface area (Å²) in [6, 6.07) is 15.7. The fourth-order valence-corrected chi connectivity index (χ4v) is 4.17. The highest BCUT2D eigenvalue weighted by Crippen LogP contribution is 2.45. The molecular formula is C21H21N3O. The maximum absolute atomic E-state index is 13.3. The average molecular weight is 331 g/mol. The molecule has 2 unspecified atom stereocenters. The lowest BCUT2D eigenvalue weighted by Crippen LogP contribution is -2.47. The quantitative estimate of drug-likeness (QED) is 0.805. The first kappa shape index (κ1) is 15.9. The molecule has 0 aliphatic carbocycles. The standard InChI is InChI=1S/C21H21N3O/c1-14-3-8-19-17(11-14)18-13-23(2)10-9-20(18)24(19)21(25)16-6-4-15(12-22)5-7-16/h3-8,11,18,20H,9-10,13H2,1-2H3. The van der Waals surface area contributed by atoms with Crippen LogP contribution >= 0.6 is 0 Å². The van der Waals surface area contributed by atoms with Crippen molar-refractivity contribution in [2.45, 2.75) is 25.3 Å². The average Bonchev–Trinajstić information content (AvgIpc) is 2.94. The van der Waals surface area contributed by atoms with Gasteiger partial charge in [0.05, 0.1) is 11.6 Å². The summed E-state index contributed by atoms with van der Waals surface area (Å²) in [4.78, 5) is 17.6. The predicted molar refractivity (Wildman–Crippen MR) is 97.8 cm³/mol. The molecular weight excluding hydrogens is 310 g/mol. The summed E-state index contributed by atoms with van der Waals surface area (Å²) in [6.45, 7) is 4.09. The van der Waals surface area contributed by atoms with Crippen LogP contribution in [0.25, 0.3) is 0 Å². The highest BCUT2D eigenvalue weighted by atomic mass is 16.2. The maximum Gasteiger partial charge on any atom is 0.258 e. The summed E-state index contributed by atoms with van der Waals surface area (Å²) in [5.41, 5.74) is 4.79. The van der Waals surface area contributed by atoms with Gasteiger partial charge in [-0.15, -0.1) is 0 Å². The summed E-state index contributed by atoms with van der Waals surface area (Å²) in [5, 5.41) is 8.96. The molecule has 2 atom stereocenters. The topological polar surface area (TPSA) is 47.3 Å². The molecule has 4 heteroatoms. The second-order valence-electron chi connectivity index (χ2n) is 7.15. The number of carbonyl (C=O) groups is 1. The van der Waals surface area contributed by atoms with Crippen molar-refractivity contribution in [1.82, 2.24) is 4.90 Å². The highest BCUT2D eigenvalue weighted by molar-refractivity contribution is 6.08. The molecule has 1 amide bonds. The van der Waals surface area contributed by atoms with Crippen LogP contribution in [-0.2, 0) is 0 Å². The number of hydrogen-bond donors (Lipinski definition) is 0. The van der Waals surface area contributed by atoms with E-state index in [4.69, 9.17) is 5.26 Å². The fourth-order valence-electron chi connectivity index (χ4n) is 4.17. The molecule has 0 aromatic heterocycles. The van der Waals surface area contributed by atoms with Crippen LogP contribution in [0.15, 0.2) is 42.5 Å². The Morgan fingerprint density at radius 2 is 1.96 bits per heavy atom. The number of carbonyl (C=O) groups excluding carboxylic acids is 1. The fraction of sp³-hybridized carbons (Fsp3) is 0.333. The van der Waals surface area contributed by atoms with Crippen LogP contribution in [0, 0.1) is 18.3 Å². The number of likely N-dealkylation sites (N-methyl/N-ethyl adjacent to an activating group) is 1. The molecule has 25 heavy (non-hydrogen) atoms. The molecule has 126 valence electrons. The van der Waals surface area contributed by atoms with Crippen LogP contribution in [-0.4, -0.2) is 37.0 Å². The molecule has 2 aromatic rings. The van der Waals surface area contributed by atoms with Crippen molar-refractivity contribution in [3.8, 4) is 6.07 Å². The van der Waals surface area contributed by atoms with E-state index < -0.39 is 0 Å². The zero-order valence-corrected chi connectivity index (χ0v) is 14.6. The van der Waals surface area contributed by atoms with E-state index in [9.17, 15) is 4.79 Å². The van der Waals surface area contributed by atoms with Crippen molar-refractivity contribution in [2.75, 3.05) is 25.0 Å². The normalized spacial score (nSPS) is 22.2. The Morgan fingerprint density at radius 3 is 2.68 bits per heavy atom. The molecule has 0 radical (unpaired) electrons. The molecule has 1 fully saturated rings. The van der Waals surface area contributed by atoms with E-state index in [0.717, 1.165) is 25.2 Å². The van der Waals surface area contributed by atoms with Gasteiger partial charge in [0.15, 0.2) is 0 Å². The number of anilines is 1. The highest BCUT2D eigenvalue weighted by Gasteiger charge is 2.44. The SMILES string of the molecule is Cc1ccc2c(c1)C1CN(C)CCC1N2C(=O)c1ccc(C#N)cc1. The van der Waals surface area contributed by atoms with Gasteiger partial charge in [-0.2, -0.15) is 5.26 Å². The number of benzene rings is 2. The van der Waals surface area contributed by atoms with Crippen molar-refractivity contribution in [2.24, 2.45) is 0 Å². The Balaban J connectivity index is 1.75. The van der Waals surface area contributed by atoms with Crippen LogP contribution in [0.4, 0.5) is 5.69 Å². The van der Waals surface area contributed by atoms with E-state index in [-0.39, 0.29) is 11.9 Å². The number of amides is 1. The lowest BCUT2D eigenvalue weighted by Gasteiger charge is -2.36. The van der Waals surface area contributed by atoms with Gasteiger partial charge in [-0.3, -0.25) is 4.79 Å². The van der Waals surface area contributed by atoms with Gasteiger partial charge in [-0.1, -0.05) is 17.7 Å². The van der Waals surface area contributed by atoms with Crippen LogP contribution < -0.4 is 4.90 Å². The Bertz CT molecular complexity index is 866. The van der Waals surface area contributed by atoms with Crippen molar-refractivity contribution in [1.29, 1.82) is 5.26 Å². The lowest BCUT2D eigenvalue weighted by atomic mass is 9.88. The maximum atomic E-state index is 13.3. The molecule has 0 N–H and O–H groups in total. The number of nitriles is 1. The Morgan fingerprint density at radius 1 is 1.20 bits per heavy atom. The van der Waals surface area contributed by atoms with Gasteiger partial charge in [0.2, 0.25) is 0 Å². The number of hydrogen-bond acceptors (Lipinski definition) is 3. The smallest absolute Gasteiger partial charge is 0.258 e. The summed E-state index contributed by atoms with van der Waals surface area (Å²) in [7, 11) is 2.15. The minimum Gasteiger partial charge on any atom is -0.306 e. The third-order valence-corrected chi connectivity index (χ3v) is 5.43. The summed E-state index contributed by atoms with van der Waals surface area (Å²) in [6.07, 6.45) is 0.983. The van der Waals surface area contributed by atoms with Gasteiger partial charge in [-0.05, 0) is 62.8 Å². The van der Waals surface area contributed by atoms with Gasteiger partial charge < -0.3 is 9.80 Å². The number of nitrogens with zero attached hydrogens (tertiary/aromatic N) is 3. The third-order valence-electron chi connectivity index (χ3n) is 5.43. The number of fused-ring (bicyclic) bond motifs is 3. The van der Waals surface area contributed by atoms with Crippen LogP contribution in [0.3, 0.4) is 0 Å². The zero-order valence-electron chi connectivity index (χ0n) is 14.6. The minimum absolute atomic E-state index is 0.0339. The molecule has 2 aliphatic heterocycles. The summed E-state index contributed by atoms with van der Waals surface area (Å²) < 4.78 is 0. The Hall–Kier alpha value is -2.64. The first-order chi connectivity index (χ1) is 12.1. The number of aryl methyl sites for hydroxylation is 1. The number of rotatable bonds is 1. The number of piperidine rings is 1. The van der Waals surface area contributed by atoms with Crippen LogP contribution in [0.2, 0.25) is 0 Å². The molecule has 2 aromatic carbocycles. The molecule has 0 bridgehead atoms. The Labute approximate surface area is 148 Å². The second kappa shape index (κ2) is 6.02. The van der Waals surface area contributed by atoms with E-state index >= 15 is 0 Å². The molecule has 1 saturated heterocycles. The molecule has 2 heterocycles. The molecule has 4 rings (SSSR count). The lowest BCUT2D eigenvalue weighted by molar-refractivity contribution is 0.0964.